The maximum absolute atomic E-state index is 6.05. The quantitative estimate of drug-likeness (QED) is 0.738. The van der Waals surface area contributed by atoms with Gasteiger partial charge in [-0.1, -0.05) is 24.3 Å². The molecule has 4 heteroatoms. The second-order valence-corrected chi connectivity index (χ2v) is 7.94. The minimum absolute atomic E-state index is 0.243. The summed E-state index contributed by atoms with van der Waals surface area (Å²) in [4.78, 5) is 0. The van der Waals surface area contributed by atoms with Crippen molar-refractivity contribution in [3.8, 4) is 11.5 Å². The molecule has 1 aliphatic carbocycles. The number of hydrogen-bond acceptors (Lipinski definition) is 4. The molecule has 0 bridgehead atoms. The summed E-state index contributed by atoms with van der Waals surface area (Å²) in [5.41, 5.74) is 3.86. The van der Waals surface area contributed by atoms with Crippen molar-refractivity contribution in [1.29, 1.82) is 0 Å². The van der Waals surface area contributed by atoms with Gasteiger partial charge in [0.1, 0.15) is 18.1 Å². The van der Waals surface area contributed by atoms with Crippen LogP contribution in [0.5, 0.6) is 11.5 Å². The highest BCUT2D eigenvalue weighted by molar-refractivity contribution is 5.61. The minimum Gasteiger partial charge on any atom is -0.497 e. The predicted octanol–water partition coefficient (Wildman–Crippen LogP) is 5.08. The molecule has 3 aliphatic rings. The van der Waals surface area contributed by atoms with Crippen molar-refractivity contribution in [3.63, 3.8) is 0 Å². The summed E-state index contributed by atoms with van der Waals surface area (Å²) < 4.78 is 17.0. The summed E-state index contributed by atoms with van der Waals surface area (Å²) in [5, 5.41) is 3.79. The molecule has 0 amide bonds. The van der Waals surface area contributed by atoms with Crippen LogP contribution in [-0.2, 0) is 4.74 Å². The van der Waals surface area contributed by atoms with E-state index in [1.54, 1.807) is 7.11 Å². The van der Waals surface area contributed by atoms with Crippen LogP contribution in [0.25, 0.3) is 0 Å². The first-order valence-electron chi connectivity index (χ1n) is 10.3. The standard InChI is InChI=1S/C24H27NO3/c1-26-17-9-7-16(8-10-17)24-21-6-2-5-20(21)22-14-18(11-12-23(22)25-24)28-15-19-4-3-13-27-19/h2,5,7-12,14,19-21,24-25H,3-4,6,13,15H2,1H3. The highest BCUT2D eigenvalue weighted by Crippen LogP contribution is 2.50. The Balaban J connectivity index is 1.38. The molecule has 0 spiro atoms. The first-order valence-corrected chi connectivity index (χ1v) is 10.3. The number of ether oxygens (including phenoxy) is 3. The van der Waals surface area contributed by atoms with Crippen molar-refractivity contribution in [2.24, 2.45) is 5.92 Å². The maximum Gasteiger partial charge on any atom is 0.119 e. The van der Waals surface area contributed by atoms with E-state index in [0.29, 0.717) is 24.5 Å². The molecular formula is C24H27NO3. The lowest BCUT2D eigenvalue weighted by Crippen LogP contribution is -2.29. The lowest BCUT2D eigenvalue weighted by Gasteiger charge is -2.37. The molecule has 0 saturated carbocycles. The largest absolute Gasteiger partial charge is 0.497 e. The number of benzene rings is 2. The van der Waals surface area contributed by atoms with Gasteiger partial charge < -0.3 is 19.5 Å². The Morgan fingerprint density at radius 3 is 2.75 bits per heavy atom. The van der Waals surface area contributed by atoms with Crippen LogP contribution >= 0.6 is 0 Å². The van der Waals surface area contributed by atoms with Gasteiger partial charge >= 0.3 is 0 Å². The minimum atomic E-state index is 0.243. The first kappa shape index (κ1) is 17.6. The summed E-state index contributed by atoms with van der Waals surface area (Å²) in [6, 6.07) is 15.2. The zero-order valence-electron chi connectivity index (χ0n) is 16.3. The first-order chi connectivity index (χ1) is 13.8. The van der Waals surface area contributed by atoms with E-state index in [4.69, 9.17) is 14.2 Å². The van der Waals surface area contributed by atoms with Gasteiger partial charge in [-0.05, 0) is 66.6 Å². The molecule has 4 unspecified atom stereocenters. The van der Waals surface area contributed by atoms with Gasteiger partial charge in [0.15, 0.2) is 0 Å². The predicted molar refractivity (Wildman–Crippen MR) is 110 cm³/mol. The molecule has 1 N–H and O–H groups in total. The van der Waals surface area contributed by atoms with Crippen molar-refractivity contribution in [2.75, 3.05) is 25.6 Å². The molecule has 2 aliphatic heterocycles. The van der Waals surface area contributed by atoms with E-state index in [-0.39, 0.29) is 6.10 Å². The molecule has 2 aromatic carbocycles. The maximum atomic E-state index is 6.05. The molecule has 0 radical (unpaired) electrons. The third kappa shape index (κ3) is 3.26. The molecular weight excluding hydrogens is 350 g/mol. The van der Waals surface area contributed by atoms with Crippen molar-refractivity contribution < 1.29 is 14.2 Å². The summed E-state index contributed by atoms with van der Waals surface area (Å²) in [6.07, 6.45) is 8.27. The van der Waals surface area contributed by atoms with E-state index < -0.39 is 0 Å². The third-order valence-corrected chi connectivity index (χ3v) is 6.27. The molecule has 28 heavy (non-hydrogen) atoms. The van der Waals surface area contributed by atoms with Gasteiger partial charge in [-0.3, -0.25) is 0 Å². The van der Waals surface area contributed by atoms with Crippen LogP contribution in [0.3, 0.4) is 0 Å². The van der Waals surface area contributed by atoms with Crippen molar-refractivity contribution in [2.45, 2.75) is 37.3 Å². The third-order valence-electron chi connectivity index (χ3n) is 6.27. The summed E-state index contributed by atoms with van der Waals surface area (Å²) in [5.74, 6) is 2.79. The zero-order chi connectivity index (χ0) is 18.9. The Kier molecular flexibility index (Phi) is 4.73. The number of hydrogen-bond donors (Lipinski definition) is 1. The lowest BCUT2D eigenvalue weighted by molar-refractivity contribution is 0.0679. The number of fused-ring (bicyclic) bond motifs is 3. The lowest BCUT2D eigenvalue weighted by atomic mass is 9.77. The zero-order valence-corrected chi connectivity index (χ0v) is 16.3. The Bertz CT molecular complexity index is 855. The molecule has 1 saturated heterocycles. The fourth-order valence-electron chi connectivity index (χ4n) is 4.77. The van der Waals surface area contributed by atoms with Gasteiger partial charge in [-0.2, -0.15) is 0 Å². The molecule has 2 heterocycles. The normalized spacial score (nSPS) is 27.8. The van der Waals surface area contributed by atoms with Crippen LogP contribution in [0.2, 0.25) is 0 Å². The second kappa shape index (κ2) is 7.51. The van der Waals surface area contributed by atoms with Gasteiger partial charge in [-0.15, -0.1) is 0 Å². The Hall–Kier alpha value is -2.46. The van der Waals surface area contributed by atoms with Gasteiger partial charge in [0.25, 0.3) is 0 Å². The molecule has 4 nitrogen and oxygen atoms in total. The van der Waals surface area contributed by atoms with Crippen LogP contribution in [0, 0.1) is 5.92 Å². The average Bonchev–Trinajstić information content (AvgIpc) is 3.44. The van der Waals surface area contributed by atoms with Gasteiger partial charge in [0.2, 0.25) is 0 Å². The van der Waals surface area contributed by atoms with Crippen LogP contribution in [0.1, 0.15) is 42.3 Å². The Morgan fingerprint density at radius 1 is 1.11 bits per heavy atom. The molecule has 2 aromatic rings. The smallest absolute Gasteiger partial charge is 0.119 e. The van der Waals surface area contributed by atoms with E-state index in [1.807, 2.05) is 12.1 Å². The summed E-state index contributed by atoms with van der Waals surface area (Å²) in [7, 11) is 1.71. The van der Waals surface area contributed by atoms with E-state index in [9.17, 15) is 0 Å². The van der Waals surface area contributed by atoms with Crippen molar-refractivity contribution in [3.05, 3.63) is 65.7 Å². The highest BCUT2D eigenvalue weighted by atomic mass is 16.5. The van der Waals surface area contributed by atoms with Gasteiger partial charge in [0.05, 0.1) is 19.3 Å². The monoisotopic (exact) mass is 377 g/mol. The average molecular weight is 377 g/mol. The fourth-order valence-corrected chi connectivity index (χ4v) is 4.77. The van der Waals surface area contributed by atoms with Gasteiger partial charge in [-0.25, -0.2) is 0 Å². The van der Waals surface area contributed by atoms with Crippen molar-refractivity contribution in [1.82, 2.24) is 0 Å². The molecule has 5 rings (SSSR count). The number of anilines is 1. The topological polar surface area (TPSA) is 39.7 Å². The van der Waals surface area contributed by atoms with Crippen LogP contribution in [0.15, 0.2) is 54.6 Å². The van der Waals surface area contributed by atoms with E-state index in [0.717, 1.165) is 37.4 Å². The Morgan fingerprint density at radius 2 is 1.96 bits per heavy atom. The number of rotatable bonds is 5. The van der Waals surface area contributed by atoms with E-state index >= 15 is 0 Å². The summed E-state index contributed by atoms with van der Waals surface area (Å²) in [6.45, 7) is 1.51. The fraction of sp³-hybridized carbons (Fsp3) is 0.417. The molecule has 146 valence electrons. The number of methoxy groups -OCH3 is 1. The van der Waals surface area contributed by atoms with E-state index in [2.05, 4.69) is 47.8 Å². The molecule has 0 aromatic heterocycles. The van der Waals surface area contributed by atoms with Crippen LogP contribution in [0.4, 0.5) is 5.69 Å². The second-order valence-electron chi connectivity index (χ2n) is 7.94. The number of nitrogens with one attached hydrogen (secondary N) is 1. The van der Waals surface area contributed by atoms with Gasteiger partial charge in [0, 0.05) is 18.2 Å². The van der Waals surface area contributed by atoms with Crippen LogP contribution < -0.4 is 14.8 Å². The Labute approximate surface area is 166 Å². The van der Waals surface area contributed by atoms with Crippen LogP contribution in [-0.4, -0.2) is 26.4 Å². The summed E-state index contributed by atoms with van der Waals surface area (Å²) >= 11 is 0. The molecule has 1 fully saturated rings. The van der Waals surface area contributed by atoms with Crippen molar-refractivity contribution >= 4 is 5.69 Å². The number of allylic oxidation sites excluding steroid dienone is 2. The SMILES string of the molecule is COc1ccc(C2Nc3ccc(OCC4CCCO4)cc3C3C=CCC32)cc1. The molecule has 4 atom stereocenters. The highest BCUT2D eigenvalue weighted by Gasteiger charge is 2.38. The van der Waals surface area contributed by atoms with E-state index in [1.165, 1.54) is 16.8 Å².